The van der Waals surface area contributed by atoms with E-state index in [4.69, 9.17) is 14.2 Å². The zero-order chi connectivity index (χ0) is 19.5. The average molecular weight is 371 g/mol. The molecule has 1 amide bonds. The number of hydrogen-bond donors (Lipinski definition) is 1. The molecule has 0 unspecified atom stereocenters. The molecule has 0 saturated heterocycles. The number of nitrogens with one attached hydrogen (secondary N) is 1. The minimum absolute atomic E-state index is 0.00745. The fourth-order valence-electron chi connectivity index (χ4n) is 2.42. The van der Waals surface area contributed by atoms with Gasteiger partial charge in [0.1, 0.15) is 11.5 Å². The van der Waals surface area contributed by atoms with E-state index in [0.717, 1.165) is 12.8 Å². The first-order chi connectivity index (χ1) is 13.1. The summed E-state index contributed by atoms with van der Waals surface area (Å²) in [5, 5.41) is 2.82. The van der Waals surface area contributed by atoms with Crippen molar-refractivity contribution in [3.8, 4) is 11.5 Å². The Morgan fingerprint density at radius 2 is 1.63 bits per heavy atom. The molecule has 6 nitrogen and oxygen atoms in total. The van der Waals surface area contributed by atoms with E-state index in [1.54, 1.807) is 31.4 Å². The number of benzene rings is 2. The van der Waals surface area contributed by atoms with Crippen LogP contribution in [0.1, 0.15) is 18.9 Å². The summed E-state index contributed by atoms with van der Waals surface area (Å²) in [7, 11) is 1.57. The van der Waals surface area contributed by atoms with Crippen molar-refractivity contribution in [3.05, 3.63) is 60.2 Å². The molecule has 0 aliphatic heterocycles. The number of rotatable bonds is 10. The lowest BCUT2D eigenvalue weighted by Gasteiger charge is -2.14. The molecule has 1 atom stereocenters. The molecule has 0 aliphatic rings. The molecule has 27 heavy (non-hydrogen) atoms. The highest BCUT2D eigenvalue weighted by Crippen LogP contribution is 2.16. The Hall–Kier alpha value is -3.02. The first-order valence-corrected chi connectivity index (χ1v) is 8.82. The maximum absolute atomic E-state index is 11.9. The Kier molecular flexibility index (Phi) is 8.16. The number of methoxy groups -OCH3 is 1. The third-order valence-corrected chi connectivity index (χ3v) is 3.90. The number of hydrogen-bond acceptors (Lipinski definition) is 5. The number of aryl methyl sites for hydroxylation is 1. The van der Waals surface area contributed by atoms with Gasteiger partial charge in [-0.05, 0) is 49.6 Å². The van der Waals surface area contributed by atoms with Crippen LogP contribution in [0.4, 0.5) is 0 Å². The van der Waals surface area contributed by atoms with E-state index in [1.165, 1.54) is 5.56 Å². The van der Waals surface area contributed by atoms with E-state index in [9.17, 15) is 9.59 Å². The largest absolute Gasteiger partial charge is 0.497 e. The quantitative estimate of drug-likeness (QED) is 0.650. The summed E-state index contributed by atoms with van der Waals surface area (Å²) in [6, 6.07) is 16.9. The van der Waals surface area contributed by atoms with Crippen LogP contribution in [0.5, 0.6) is 11.5 Å². The van der Waals surface area contributed by atoms with Crippen LogP contribution in [0.15, 0.2) is 54.6 Å². The van der Waals surface area contributed by atoms with Crippen molar-refractivity contribution >= 4 is 11.9 Å². The van der Waals surface area contributed by atoms with E-state index >= 15 is 0 Å². The monoisotopic (exact) mass is 371 g/mol. The second-order valence-corrected chi connectivity index (χ2v) is 6.12. The van der Waals surface area contributed by atoms with Crippen LogP contribution < -0.4 is 14.8 Å². The van der Waals surface area contributed by atoms with Crippen molar-refractivity contribution in [1.82, 2.24) is 5.32 Å². The van der Waals surface area contributed by atoms with Gasteiger partial charge >= 0.3 is 5.97 Å². The lowest BCUT2D eigenvalue weighted by atomic mass is 10.1. The van der Waals surface area contributed by atoms with Gasteiger partial charge in [0.15, 0.2) is 13.2 Å². The smallest absolute Gasteiger partial charge is 0.344 e. The summed E-state index contributed by atoms with van der Waals surface area (Å²) in [5.74, 6) is 0.293. The zero-order valence-electron chi connectivity index (χ0n) is 15.6. The normalized spacial score (nSPS) is 11.3. The second-order valence-electron chi connectivity index (χ2n) is 6.12. The molecule has 0 aliphatic carbocycles. The molecular weight excluding hydrogens is 346 g/mol. The Balaban J connectivity index is 1.61. The van der Waals surface area contributed by atoms with Gasteiger partial charge in [-0.2, -0.15) is 0 Å². The van der Waals surface area contributed by atoms with E-state index in [2.05, 4.69) is 17.4 Å². The molecule has 0 saturated carbocycles. The number of esters is 1. The molecule has 0 heterocycles. The molecular formula is C21H25NO5. The number of carbonyl (C=O) groups is 2. The molecule has 0 fully saturated rings. The van der Waals surface area contributed by atoms with Crippen molar-refractivity contribution < 1.29 is 23.8 Å². The standard InChI is InChI=1S/C21H25NO5/c1-16(8-9-17-6-4-3-5-7-17)22-20(23)14-27-21(24)15-26-19-12-10-18(25-2)11-13-19/h3-7,10-13,16H,8-9,14-15H2,1-2H3,(H,22,23)/t16-/m1/s1. The number of carbonyl (C=O) groups excluding carboxylic acids is 2. The molecule has 2 rings (SSSR count). The van der Waals surface area contributed by atoms with Crippen molar-refractivity contribution in [2.24, 2.45) is 0 Å². The predicted molar refractivity (Wildman–Crippen MR) is 102 cm³/mol. The fraction of sp³-hybridized carbons (Fsp3) is 0.333. The first kappa shape index (κ1) is 20.3. The molecule has 0 bridgehead atoms. The Morgan fingerprint density at radius 1 is 0.963 bits per heavy atom. The summed E-state index contributed by atoms with van der Waals surface area (Å²) < 4.78 is 15.3. The van der Waals surface area contributed by atoms with Gasteiger partial charge in [-0.25, -0.2) is 4.79 Å². The van der Waals surface area contributed by atoms with Crippen LogP contribution >= 0.6 is 0 Å². The lowest BCUT2D eigenvalue weighted by molar-refractivity contribution is -0.150. The summed E-state index contributed by atoms with van der Waals surface area (Å²) in [6.45, 7) is 1.35. The van der Waals surface area contributed by atoms with Gasteiger partial charge in [0, 0.05) is 6.04 Å². The Labute approximate surface area is 159 Å². The predicted octanol–water partition coefficient (Wildman–Crippen LogP) is 2.75. The fourth-order valence-corrected chi connectivity index (χ4v) is 2.42. The molecule has 144 valence electrons. The molecule has 0 spiro atoms. The second kappa shape index (κ2) is 10.9. The average Bonchev–Trinajstić information content (AvgIpc) is 2.70. The van der Waals surface area contributed by atoms with Gasteiger partial charge in [0.25, 0.3) is 5.91 Å². The van der Waals surface area contributed by atoms with Crippen LogP contribution in [0.2, 0.25) is 0 Å². The maximum Gasteiger partial charge on any atom is 0.344 e. The van der Waals surface area contributed by atoms with E-state index in [1.807, 2.05) is 25.1 Å². The van der Waals surface area contributed by atoms with Gasteiger partial charge in [-0.1, -0.05) is 30.3 Å². The molecule has 6 heteroatoms. The van der Waals surface area contributed by atoms with Gasteiger partial charge in [-0.15, -0.1) is 0 Å². The van der Waals surface area contributed by atoms with Gasteiger partial charge in [-0.3, -0.25) is 4.79 Å². The Bertz CT molecular complexity index is 715. The zero-order valence-corrected chi connectivity index (χ0v) is 15.6. The molecule has 0 radical (unpaired) electrons. The van der Waals surface area contributed by atoms with Crippen molar-refractivity contribution in [2.75, 3.05) is 20.3 Å². The van der Waals surface area contributed by atoms with Crippen LogP contribution in [0.3, 0.4) is 0 Å². The van der Waals surface area contributed by atoms with Gasteiger partial charge < -0.3 is 19.5 Å². The molecule has 2 aromatic rings. The maximum atomic E-state index is 11.9. The van der Waals surface area contributed by atoms with Gasteiger partial charge in [0.05, 0.1) is 7.11 Å². The highest BCUT2D eigenvalue weighted by atomic mass is 16.6. The SMILES string of the molecule is COc1ccc(OCC(=O)OCC(=O)N[C@H](C)CCc2ccccc2)cc1. The molecule has 0 aromatic heterocycles. The minimum atomic E-state index is -0.599. The first-order valence-electron chi connectivity index (χ1n) is 8.82. The highest BCUT2D eigenvalue weighted by molar-refractivity contribution is 5.81. The Morgan fingerprint density at radius 3 is 2.30 bits per heavy atom. The van der Waals surface area contributed by atoms with Gasteiger partial charge in [0.2, 0.25) is 0 Å². The summed E-state index contributed by atoms with van der Waals surface area (Å²) in [6.07, 6.45) is 1.68. The minimum Gasteiger partial charge on any atom is -0.497 e. The number of ether oxygens (including phenoxy) is 3. The third-order valence-electron chi connectivity index (χ3n) is 3.90. The third kappa shape index (κ3) is 7.81. The molecule has 1 N–H and O–H groups in total. The summed E-state index contributed by atoms with van der Waals surface area (Å²) in [4.78, 5) is 23.6. The van der Waals surface area contributed by atoms with Crippen molar-refractivity contribution in [1.29, 1.82) is 0 Å². The van der Waals surface area contributed by atoms with Crippen LogP contribution in [-0.2, 0) is 20.7 Å². The van der Waals surface area contributed by atoms with E-state index in [0.29, 0.717) is 11.5 Å². The van der Waals surface area contributed by atoms with Crippen LogP contribution in [0.25, 0.3) is 0 Å². The van der Waals surface area contributed by atoms with E-state index < -0.39 is 5.97 Å². The van der Waals surface area contributed by atoms with E-state index in [-0.39, 0.29) is 25.2 Å². The molecule has 2 aromatic carbocycles. The van der Waals surface area contributed by atoms with Crippen molar-refractivity contribution in [3.63, 3.8) is 0 Å². The summed E-state index contributed by atoms with van der Waals surface area (Å²) >= 11 is 0. The topological polar surface area (TPSA) is 73.9 Å². The highest BCUT2D eigenvalue weighted by Gasteiger charge is 2.11. The van der Waals surface area contributed by atoms with Crippen molar-refractivity contribution in [2.45, 2.75) is 25.8 Å². The number of amides is 1. The van der Waals surface area contributed by atoms with Crippen LogP contribution in [0, 0.1) is 0 Å². The lowest BCUT2D eigenvalue weighted by Crippen LogP contribution is -2.36. The van der Waals surface area contributed by atoms with Crippen LogP contribution in [-0.4, -0.2) is 38.2 Å². The summed E-state index contributed by atoms with van der Waals surface area (Å²) in [5.41, 5.74) is 1.22.